The molecule has 0 saturated carbocycles. The Morgan fingerprint density at radius 1 is 0.960 bits per heavy atom. The van der Waals surface area contributed by atoms with Crippen LogP contribution in [0.2, 0.25) is 0 Å². The molecule has 1 aromatic heterocycles. The van der Waals surface area contributed by atoms with Crippen LogP contribution in [0.5, 0.6) is 0 Å². The Bertz CT molecular complexity index is 860. The molecule has 0 fully saturated rings. The molecule has 0 spiro atoms. The van der Waals surface area contributed by atoms with Gasteiger partial charge >= 0.3 is 5.97 Å². The van der Waals surface area contributed by atoms with Gasteiger partial charge in [0.05, 0.1) is 0 Å². The fraction of sp³-hybridized carbons (Fsp3) is 0.100. The van der Waals surface area contributed by atoms with E-state index in [-0.39, 0.29) is 5.91 Å². The molecular weight excluding hydrogens is 334 g/mol. The number of amides is 1. The summed E-state index contributed by atoms with van der Waals surface area (Å²) in [5.41, 5.74) is 2.59. The van der Waals surface area contributed by atoms with Gasteiger partial charge in [0.25, 0.3) is 5.91 Å². The zero-order valence-electron chi connectivity index (χ0n) is 13.6. The van der Waals surface area contributed by atoms with Gasteiger partial charge in [-0.05, 0) is 30.0 Å². The summed E-state index contributed by atoms with van der Waals surface area (Å²) in [7, 11) is 0. The fourth-order valence-corrected chi connectivity index (χ4v) is 2.97. The van der Waals surface area contributed by atoms with E-state index in [0.29, 0.717) is 10.6 Å². The molecule has 1 heterocycles. The molecule has 2 aromatic carbocycles. The maximum atomic E-state index is 12.4. The minimum atomic E-state index is -0.890. The smallest absolute Gasteiger partial charge is 0.349 e. The second-order valence-corrected chi connectivity index (χ2v) is 6.37. The normalized spacial score (nSPS) is 11.6. The van der Waals surface area contributed by atoms with Crippen LogP contribution in [0.1, 0.15) is 16.6 Å². The second-order valence-electron chi connectivity index (χ2n) is 5.43. The van der Waals surface area contributed by atoms with Gasteiger partial charge in [0.15, 0.2) is 6.10 Å². The van der Waals surface area contributed by atoms with Crippen molar-refractivity contribution in [2.75, 3.05) is 5.32 Å². The number of esters is 1. The van der Waals surface area contributed by atoms with Crippen molar-refractivity contribution in [3.8, 4) is 11.1 Å². The lowest BCUT2D eigenvalue weighted by Crippen LogP contribution is -2.30. The van der Waals surface area contributed by atoms with E-state index >= 15 is 0 Å². The largest absolute Gasteiger partial charge is 0.448 e. The van der Waals surface area contributed by atoms with Crippen molar-refractivity contribution in [3.63, 3.8) is 0 Å². The third-order valence-corrected chi connectivity index (χ3v) is 4.50. The van der Waals surface area contributed by atoms with Crippen molar-refractivity contribution in [2.24, 2.45) is 0 Å². The van der Waals surface area contributed by atoms with Gasteiger partial charge < -0.3 is 10.1 Å². The van der Waals surface area contributed by atoms with Gasteiger partial charge in [-0.1, -0.05) is 54.6 Å². The second kappa shape index (κ2) is 7.77. The molecule has 1 atom stereocenters. The van der Waals surface area contributed by atoms with Crippen LogP contribution in [0, 0.1) is 0 Å². The molecule has 0 aliphatic rings. The molecule has 3 rings (SSSR count). The number of rotatable bonds is 5. The van der Waals surface area contributed by atoms with Crippen molar-refractivity contribution >= 4 is 28.9 Å². The molecule has 0 bridgehead atoms. The average Bonchev–Trinajstić information content (AvgIpc) is 3.17. The molecular formula is C20H17NO3S. The Labute approximate surface area is 150 Å². The van der Waals surface area contributed by atoms with E-state index in [1.165, 1.54) is 11.3 Å². The van der Waals surface area contributed by atoms with Crippen LogP contribution in [0.25, 0.3) is 11.1 Å². The molecule has 0 aliphatic heterocycles. The van der Waals surface area contributed by atoms with E-state index in [0.717, 1.165) is 11.1 Å². The molecule has 0 aliphatic carbocycles. The average molecular weight is 351 g/mol. The molecule has 4 nitrogen and oxygen atoms in total. The molecule has 0 saturated heterocycles. The molecule has 0 radical (unpaired) electrons. The van der Waals surface area contributed by atoms with Crippen LogP contribution in [0.3, 0.4) is 0 Å². The summed E-state index contributed by atoms with van der Waals surface area (Å²) in [5, 5.41) is 4.64. The van der Waals surface area contributed by atoms with Crippen LogP contribution in [0.15, 0.2) is 72.1 Å². The molecule has 1 amide bonds. The maximum absolute atomic E-state index is 12.4. The first-order valence-electron chi connectivity index (χ1n) is 7.85. The summed E-state index contributed by atoms with van der Waals surface area (Å²) in [6, 6.07) is 20.8. The molecule has 3 aromatic rings. The minimum Gasteiger partial charge on any atom is -0.448 e. The molecule has 25 heavy (non-hydrogen) atoms. The minimum absolute atomic E-state index is 0.367. The number of carbonyl (C=O) groups excluding carboxylic acids is 2. The zero-order chi connectivity index (χ0) is 17.6. The predicted octanol–water partition coefficient (Wildman–Crippen LogP) is 4.60. The summed E-state index contributed by atoms with van der Waals surface area (Å²) < 4.78 is 5.23. The van der Waals surface area contributed by atoms with E-state index in [1.807, 2.05) is 54.6 Å². The molecule has 1 N–H and O–H groups in total. The highest BCUT2D eigenvalue weighted by atomic mass is 32.1. The third kappa shape index (κ3) is 4.14. The lowest BCUT2D eigenvalue weighted by atomic mass is 10.0. The Balaban J connectivity index is 1.72. The number of para-hydroxylation sites is 1. The van der Waals surface area contributed by atoms with Gasteiger partial charge in [-0.3, -0.25) is 4.79 Å². The topological polar surface area (TPSA) is 55.4 Å². The number of nitrogens with one attached hydrogen (secondary N) is 1. The van der Waals surface area contributed by atoms with Crippen LogP contribution in [0.4, 0.5) is 5.69 Å². The number of thiophene rings is 1. The SMILES string of the molecule is C[C@H](OC(=O)c1cccs1)C(=O)Nc1ccccc1-c1ccccc1. The van der Waals surface area contributed by atoms with E-state index in [4.69, 9.17) is 4.74 Å². The summed E-state index contributed by atoms with van der Waals surface area (Å²) >= 11 is 1.28. The highest BCUT2D eigenvalue weighted by Gasteiger charge is 2.20. The molecule has 0 unspecified atom stereocenters. The van der Waals surface area contributed by atoms with Gasteiger partial charge in [-0.15, -0.1) is 11.3 Å². The Morgan fingerprint density at radius 2 is 1.68 bits per heavy atom. The predicted molar refractivity (Wildman–Crippen MR) is 99.7 cm³/mol. The lowest BCUT2D eigenvalue weighted by Gasteiger charge is -2.15. The summed E-state index contributed by atoms with van der Waals surface area (Å²) in [6.45, 7) is 1.56. The van der Waals surface area contributed by atoms with Crippen LogP contribution in [-0.4, -0.2) is 18.0 Å². The highest BCUT2D eigenvalue weighted by Crippen LogP contribution is 2.27. The number of carbonyl (C=O) groups is 2. The van der Waals surface area contributed by atoms with E-state index < -0.39 is 12.1 Å². The standard InChI is InChI=1S/C20H17NO3S/c1-14(24-20(23)18-12-7-13-25-18)19(22)21-17-11-6-5-10-16(17)15-8-3-2-4-9-15/h2-14H,1H3,(H,21,22)/t14-/m0/s1. The fourth-order valence-electron chi connectivity index (χ4n) is 2.36. The van der Waals surface area contributed by atoms with Gasteiger partial charge in [0.2, 0.25) is 0 Å². The number of hydrogen-bond donors (Lipinski definition) is 1. The Morgan fingerprint density at radius 3 is 2.40 bits per heavy atom. The van der Waals surface area contributed by atoms with Crippen LogP contribution in [-0.2, 0) is 9.53 Å². The van der Waals surface area contributed by atoms with Gasteiger partial charge in [0, 0.05) is 11.3 Å². The van der Waals surface area contributed by atoms with Gasteiger partial charge in [-0.25, -0.2) is 4.79 Å². The number of hydrogen-bond acceptors (Lipinski definition) is 4. The van der Waals surface area contributed by atoms with Crippen LogP contribution >= 0.6 is 11.3 Å². The zero-order valence-corrected chi connectivity index (χ0v) is 14.5. The molecule has 126 valence electrons. The van der Waals surface area contributed by atoms with Gasteiger partial charge in [0.1, 0.15) is 4.88 Å². The van der Waals surface area contributed by atoms with E-state index in [9.17, 15) is 9.59 Å². The first-order valence-corrected chi connectivity index (χ1v) is 8.73. The summed E-state index contributed by atoms with van der Waals surface area (Å²) in [6.07, 6.45) is -0.890. The summed E-state index contributed by atoms with van der Waals surface area (Å²) in [4.78, 5) is 24.9. The first kappa shape index (κ1) is 16.9. The highest BCUT2D eigenvalue weighted by molar-refractivity contribution is 7.11. The third-order valence-electron chi connectivity index (χ3n) is 3.65. The van der Waals surface area contributed by atoms with Crippen molar-refractivity contribution < 1.29 is 14.3 Å². The quantitative estimate of drug-likeness (QED) is 0.684. The monoisotopic (exact) mass is 351 g/mol. The van der Waals surface area contributed by atoms with Crippen LogP contribution < -0.4 is 5.32 Å². The number of anilines is 1. The molecule has 5 heteroatoms. The van der Waals surface area contributed by atoms with Crippen molar-refractivity contribution in [2.45, 2.75) is 13.0 Å². The number of benzene rings is 2. The van der Waals surface area contributed by atoms with Gasteiger partial charge in [-0.2, -0.15) is 0 Å². The Kier molecular flexibility index (Phi) is 5.26. The Hall–Kier alpha value is -2.92. The number of ether oxygens (including phenoxy) is 1. The first-order chi connectivity index (χ1) is 12.1. The van der Waals surface area contributed by atoms with E-state index in [1.54, 1.807) is 24.4 Å². The van der Waals surface area contributed by atoms with E-state index in [2.05, 4.69) is 5.32 Å². The van der Waals surface area contributed by atoms with Crippen molar-refractivity contribution in [3.05, 3.63) is 77.0 Å². The summed E-state index contributed by atoms with van der Waals surface area (Å²) in [5.74, 6) is -0.859. The lowest BCUT2D eigenvalue weighted by molar-refractivity contribution is -0.123. The van der Waals surface area contributed by atoms with Crippen molar-refractivity contribution in [1.29, 1.82) is 0 Å². The maximum Gasteiger partial charge on any atom is 0.349 e. The van der Waals surface area contributed by atoms with Crippen molar-refractivity contribution in [1.82, 2.24) is 0 Å².